The van der Waals surface area contributed by atoms with Gasteiger partial charge >= 0.3 is 6.18 Å². The van der Waals surface area contributed by atoms with E-state index < -0.39 is 27.8 Å². The van der Waals surface area contributed by atoms with E-state index in [0.717, 1.165) is 12.1 Å². The average molecular weight is 408 g/mol. The maximum Gasteiger partial charge on any atom is 0.416 e. The van der Waals surface area contributed by atoms with Crippen molar-refractivity contribution in [1.82, 2.24) is 4.72 Å². The number of hydrogen-bond acceptors (Lipinski definition) is 2. The third kappa shape index (κ3) is 4.33. The summed E-state index contributed by atoms with van der Waals surface area (Å²) >= 11 is 3.15. The van der Waals surface area contributed by atoms with Gasteiger partial charge in [0.15, 0.2) is 0 Å². The van der Waals surface area contributed by atoms with Gasteiger partial charge in [-0.05, 0) is 52.7 Å². The lowest BCUT2D eigenvalue weighted by atomic mass is 10.1. The molecule has 0 heterocycles. The van der Waals surface area contributed by atoms with Gasteiger partial charge in [-0.3, -0.25) is 0 Å². The third-order valence-corrected chi connectivity index (χ3v) is 5.72. The fourth-order valence-corrected chi connectivity index (χ4v) is 4.25. The first kappa shape index (κ1) is 18.0. The summed E-state index contributed by atoms with van der Waals surface area (Å²) in [4.78, 5) is 0.0267. The molecule has 0 aromatic heterocycles. The summed E-state index contributed by atoms with van der Waals surface area (Å²) < 4.78 is 65.7. The van der Waals surface area contributed by atoms with Gasteiger partial charge in [0.05, 0.1) is 10.5 Å². The molecule has 2 aromatic rings. The summed E-state index contributed by atoms with van der Waals surface area (Å²) in [5, 5.41) is 0. The normalized spacial score (nSPS) is 13.8. The van der Waals surface area contributed by atoms with Crippen LogP contribution >= 0.6 is 15.9 Å². The molecule has 0 bridgehead atoms. The zero-order valence-corrected chi connectivity index (χ0v) is 14.3. The molecule has 0 aliphatic carbocycles. The van der Waals surface area contributed by atoms with Gasteiger partial charge in [0.1, 0.15) is 0 Å². The Bertz CT molecular complexity index is 806. The monoisotopic (exact) mass is 407 g/mol. The molecular weight excluding hydrogens is 395 g/mol. The van der Waals surface area contributed by atoms with E-state index in [1.54, 1.807) is 18.2 Å². The van der Waals surface area contributed by atoms with Crippen LogP contribution in [0, 0.1) is 0 Å². The Hall–Kier alpha value is -1.38. The van der Waals surface area contributed by atoms with E-state index in [-0.39, 0.29) is 10.5 Å². The largest absolute Gasteiger partial charge is 0.416 e. The number of hydrogen-bond donors (Lipinski definition) is 1. The zero-order valence-electron chi connectivity index (χ0n) is 11.9. The summed E-state index contributed by atoms with van der Waals surface area (Å²) in [5.74, 6) is 0. The van der Waals surface area contributed by atoms with Crippen LogP contribution < -0.4 is 4.72 Å². The second kappa shape index (κ2) is 6.62. The maximum absolute atomic E-state index is 12.7. The van der Waals surface area contributed by atoms with E-state index in [0.29, 0.717) is 4.47 Å². The van der Waals surface area contributed by atoms with Crippen molar-refractivity contribution < 1.29 is 21.6 Å². The van der Waals surface area contributed by atoms with Crippen LogP contribution in [-0.4, -0.2) is 8.42 Å². The van der Waals surface area contributed by atoms with Gasteiger partial charge in [-0.15, -0.1) is 0 Å². The van der Waals surface area contributed by atoms with Gasteiger partial charge in [-0.1, -0.05) is 24.3 Å². The predicted octanol–water partition coefficient (Wildman–Crippen LogP) is 4.51. The second-order valence-corrected chi connectivity index (χ2v) is 7.43. The van der Waals surface area contributed by atoms with E-state index in [2.05, 4.69) is 20.7 Å². The highest BCUT2D eigenvalue weighted by molar-refractivity contribution is 9.10. The van der Waals surface area contributed by atoms with Crippen LogP contribution in [0.3, 0.4) is 0 Å². The van der Waals surface area contributed by atoms with Gasteiger partial charge < -0.3 is 0 Å². The van der Waals surface area contributed by atoms with E-state index in [1.807, 2.05) is 0 Å². The fraction of sp³-hybridized carbons (Fsp3) is 0.200. The molecular formula is C15H13BrF3NO2S. The molecule has 0 fully saturated rings. The number of halogens is 4. The number of benzene rings is 2. The average Bonchev–Trinajstić information content (AvgIpc) is 2.46. The van der Waals surface area contributed by atoms with Crippen LogP contribution in [0.4, 0.5) is 13.2 Å². The lowest BCUT2D eigenvalue weighted by Gasteiger charge is -2.17. The Morgan fingerprint density at radius 1 is 1.09 bits per heavy atom. The highest BCUT2D eigenvalue weighted by Gasteiger charge is 2.31. The van der Waals surface area contributed by atoms with Crippen LogP contribution in [0.15, 0.2) is 57.9 Å². The molecule has 1 atom stereocenters. The lowest BCUT2D eigenvalue weighted by Crippen LogP contribution is -2.27. The van der Waals surface area contributed by atoms with E-state index in [4.69, 9.17) is 0 Å². The minimum absolute atomic E-state index is 0.0267. The number of sulfonamides is 1. The van der Waals surface area contributed by atoms with E-state index in [9.17, 15) is 21.6 Å². The molecule has 2 rings (SSSR count). The number of nitrogens with one attached hydrogen (secondary N) is 1. The molecule has 2 aromatic carbocycles. The molecule has 0 saturated heterocycles. The van der Waals surface area contributed by atoms with Crippen LogP contribution in [0.25, 0.3) is 0 Å². The van der Waals surface area contributed by atoms with Gasteiger partial charge in [-0.25, -0.2) is 13.1 Å². The zero-order chi connectivity index (χ0) is 17.3. The topological polar surface area (TPSA) is 46.2 Å². The highest BCUT2D eigenvalue weighted by Crippen LogP contribution is 2.31. The Balaban J connectivity index is 2.29. The Morgan fingerprint density at radius 2 is 1.74 bits per heavy atom. The first-order valence-corrected chi connectivity index (χ1v) is 8.83. The number of rotatable bonds is 4. The van der Waals surface area contributed by atoms with E-state index >= 15 is 0 Å². The molecule has 1 N–H and O–H groups in total. The SMILES string of the molecule is CC(NS(=O)(=O)c1ccccc1Br)c1cccc(C(F)(F)F)c1. The molecule has 124 valence electrons. The molecule has 23 heavy (non-hydrogen) atoms. The predicted molar refractivity (Wildman–Crippen MR) is 84.3 cm³/mol. The van der Waals surface area contributed by atoms with E-state index in [1.165, 1.54) is 25.1 Å². The molecule has 8 heteroatoms. The van der Waals surface area contributed by atoms with Crippen molar-refractivity contribution in [2.24, 2.45) is 0 Å². The van der Waals surface area contributed by atoms with Crippen molar-refractivity contribution in [3.63, 3.8) is 0 Å². The molecule has 1 unspecified atom stereocenters. The van der Waals surface area contributed by atoms with Crippen molar-refractivity contribution in [3.8, 4) is 0 Å². The van der Waals surface area contributed by atoms with Crippen LogP contribution in [-0.2, 0) is 16.2 Å². The van der Waals surface area contributed by atoms with Crippen molar-refractivity contribution >= 4 is 26.0 Å². The summed E-state index contributed by atoms with van der Waals surface area (Å²) in [6.45, 7) is 1.49. The van der Waals surface area contributed by atoms with Crippen molar-refractivity contribution in [2.45, 2.75) is 24.0 Å². The van der Waals surface area contributed by atoms with Gasteiger partial charge in [-0.2, -0.15) is 13.2 Å². The molecule has 0 amide bonds. The first-order valence-electron chi connectivity index (χ1n) is 6.55. The summed E-state index contributed by atoms with van der Waals surface area (Å²) in [6.07, 6.45) is -4.48. The minimum Gasteiger partial charge on any atom is -0.207 e. The van der Waals surface area contributed by atoms with Crippen LogP contribution in [0.1, 0.15) is 24.1 Å². The molecule has 0 aliphatic heterocycles. The second-order valence-electron chi connectivity index (χ2n) is 4.90. The van der Waals surface area contributed by atoms with Crippen LogP contribution in [0.5, 0.6) is 0 Å². The summed E-state index contributed by atoms with van der Waals surface area (Å²) in [6, 6.07) is 9.98. The quantitative estimate of drug-likeness (QED) is 0.810. The van der Waals surface area contributed by atoms with Crippen molar-refractivity contribution in [1.29, 1.82) is 0 Å². The van der Waals surface area contributed by atoms with Gasteiger partial charge in [0.2, 0.25) is 10.0 Å². The Kier molecular flexibility index (Phi) is 5.17. The summed E-state index contributed by atoms with van der Waals surface area (Å²) in [5.41, 5.74) is -0.586. The Labute approximate surface area is 140 Å². The van der Waals surface area contributed by atoms with Crippen LogP contribution in [0.2, 0.25) is 0 Å². The highest BCUT2D eigenvalue weighted by atomic mass is 79.9. The first-order chi connectivity index (χ1) is 10.6. The van der Waals surface area contributed by atoms with Crippen molar-refractivity contribution in [3.05, 3.63) is 64.1 Å². The number of alkyl halides is 3. The van der Waals surface area contributed by atoms with Gasteiger partial charge in [0.25, 0.3) is 0 Å². The third-order valence-electron chi connectivity index (χ3n) is 3.17. The van der Waals surface area contributed by atoms with Crippen molar-refractivity contribution in [2.75, 3.05) is 0 Å². The molecule has 0 saturated carbocycles. The minimum atomic E-state index is -4.48. The fourth-order valence-electron chi connectivity index (χ4n) is 2.01. The summed E-state index contributed by atoms with van der Waals surface area (Å²) in [7, 11) is -3.86. The molecule has 3 nitrogen and oxygen atoms in total. The molecule has 0 aliphatic rings. The standard InChI is InChI=1S/C15H13BrF3NO2S/c1-10(11-5-4-6-12(9-11)15(17,18)19)20-23(21,22)14-8-3-2-7-13(14)16/h2-10,20H,1H3. The Morgan fingerprint density at radius 3 is 2.35 bits per heavy atom. The molecule has 0 spiro atoms. The lowest BCUT2D eigenvalue weighted by molar-refractivity contribution is -0.137. The molecule has 0 radical (unpaired) electrons. The smallest absolute Gasteiger partial charge is 0.207 e. The van der Waals surface area contributed by atoms with Gasteiger partial charge in [0, 0.05) is 10.5 Å². The maximum atomic E-state index is 12.7.